The van der Waals surface area contributed by atoms with Crippen LogP contribution in [0.2, 0.25) is 10.0 Å². The van der Waals surface area contributed by atoms with Crippen molar-refractivity contribution in [3.8, 4) is 0 Å². The summed E-state index contributed by atoms with van der Waals surface area (Å²) in [6, 6.07) is 7.96. The van der Waals surface area contributed by atoms with Crippen LogP contribution in [0, 0.1) is 13.8 Å². The van der Waals surface area contributed by atoms with E-state index in [4.69, 9.17) is 27.6 Å². The van der Waals surface area contributed by atoms with Crippen LogP contribution in [0.25, 0.3) is 11.0 Å². The fourth-order valence-corrected chi connectivity index (χ4v) is 4.73. The number of anilines is 1. The summed E-state index contributed by atoms with van der Waals surface area (Å²) in [7, 11) is 0. The van der Waals surface area contributed by atoms with Crippen LogP contribution in [0.5, 0.6) is 0 Å². The average Bonchev–Trinajstić information content (AvgIpc) is 3.33. The number of benzene rings is 2. The molecule has 8 heteroatoms. The molecule has 0 unspecified atom stereocenters. The van der Waals surface area contributed by atoms with Crippen molar-refractivity contribution in [1.82, 2.24) is 4.98 Å². The number of hydrogen-bond acceptors (Lipinski definition) is 5. The Morgan fingerprint density at radius 3 is 2.53 bits per heavy atom. The maximum Gasteiger partial charge on any atom is 0.297 e. The van der Waals surface area contributed by atoms with E-state index in [9.17, 15) is 9.59 Å². The summed E-state index contributed by atoms with van der Waals surface area (Å²) in [5.41, 5.74) is 3.05. The lowest BCUT2D eigenvalue weighted by Crippen LogP contribution is -2.29. The van der Waals surface area contributed by atoms with Crippen LogP contribution in [0.4, 0.5) is 5.13 Å². The summed E-state index contributed by atoms with van der Waals surface area (Å²) in [4.78, 5) is 32.7. The second-order valence-corrected chi connectivity index (χ2v) is 8.86. The normalized spacial score (nSPS) is 15.8. The van der Waals surface area contributed by atoms with E-state index in [-0.39, 0.29) is 16.8 Å². The molecule has 30 heavy (non-hydrogen) atoms. The van der Waals surface area contributed by atoms with Crippen molar-refractivity contribution >= 4 is 56.5 Å². The molecule has 1 aliphatic heterocycles. The topological polar surface area (TPSA) is 63.4 Å². The number of nitrogens with zero attached hydrogens (tertiary/aromatic N) is 2. The van der Waals surface area contributed by atoms with E-state index in [1.54, 1.807) is 41.9 Å². The molecule has 0 saturated heterocycles. The number of carbonyl (C=O) groups is 1. The maximum absolute atomic E-state index is 13.6. The van der Waals surface area contributed by atoms with Crippen LogP contribution >= 0.6 is 34.5 Å². The Morgan fingerprint density at radius 2 is 1.83 bits per heavy atom. The van der Waals surface area contributed by atoms with Crippen molar-refractivity contribution in [2.75, 3.05) is 4.90 Å². The van der Waals surface area contributed by atoms with Crippen molar-refractivity contribution in [2.24, 2.45) is 0 Å². The number of amides is 1. The number of fused-ring (bicyclic) bond motifs is 2. The van der Waals surface area contributed by atoms with E-state index in [0.717, 1.165) is 11.1 Å². The predicted molar refractivity (Wildman–Crippen MR) is 119 cm³/mol. The first-order valence-corrected chi connectivity index (χ1v) is 10.8. The molecule has 0 fully saturated rings. The molecule has 5 rings (SSSR count). The molecule has 2 aromatic carbocycles. The highest BCUT2D eigenvalue weighted by Crippen LogP contribution is 2.43. The molecular weight excluding hydrogens is 443 g/mol. The Kier molecular flexibility index (Phi) is 4.47. The molecule has 0 saturated carbocycles. The van der Waals surface area contributed by atoms with E-state index < -0.39 is 11.9 Å². The summed E-state index contributed by atoms with van der Waals surface area (Å²) >= 11 is 13.6. The summed E-state index contributed by atoms with van der Waals surface area (Å²) < 4.78 is 5.99. The van der Waals surface area contributed by atoms with Gasteiger partial charge in [0.25, 0.3) is 5.91 Å². The first-order chi connectivity index (χ1) is 14.4. The van der Waals surface area contributed by atoms with Gasteiger partial charge in [0.15, 0.2) is 10.6 Å². The monoisotopic (exact) mass is 456 g/mol. The van der Waals surface area contributed by atoms with Crippen LogP contribution in [0.3, 0.4) is 0 Å². The minimum atomic E-state index is -0.712. The van der Waals surface area contributed by atoms with Gasteiger partial charge in [-0.05, 0) is 54.8 Å². The molecular formula is C22H14Cl2N2O3S. The smallest absolute Gasteiger partial charge is 0.297 e. The van der Waals surface area contributed by atoms with Gasteiger partial charge in [0.1, 0.15) is 5.58 Å². The fourth-order valence-electron chi connectivity index (χ4n) is 3.76. The second-order valence-electron chi connectivity index (χ2n) is 7.17. The molecule has 0 spiro atoms. The minimum Gasteiger partial charge on any atom is -0.450 e. The molecule has 0 bridgehead atoms. The van der Waals surface area contributed by atoms with Gasteiger partial charge in [0.05, 0.1) is 27.0 Å². The highest BCUT2D eigenvalue weighted by molar-refractivity contribution is 7.13. The van der Waals surface area contributed by atoms with Crippen molar-refractivity contribution in [2.45, 2.75) is 19.9 Å². The Hall–Kier alpha value is -2.67. The Morgan fingerprint density at radius 1 is 1.07 bits per heavy atom. The van der Waals surface area contributed by atoms with Gasteiger partial charge in [0.2, 0.25) is 5.76 Å². The third-order valence-corrected chi connectivity index (χ3v) is 6.88. The third kappa shape index (κ3) is 2.79. The maximum atomic E-state index is 13.6. The van der Waals surface area contributed by atoms with E-state index in [1.165, 1.54) is 16.2 Å². The number of carbonyl (C=O) groups excluding carboxylic acids is 1. The number of aryl methyl sites for hydroxylation is 2. The van der Waals surface area contributed by atoms with Gasteiger partial charge in [-0.3, -0.25) is 14.5 Å². The van der Waals surface area contributed by atoms with Crippen LogP contribution in [0.1, 0.15) is 38.9 Å². The number of aromatic nitrogens is 1. The standard InChI is InChI=1S/C22H14Cl2N2O3S/c1-10-7-13-16(8-11(10)2)29-20-17(19(13)27)18(12-3-4-14(23)15(24)9-12)26(21(20)28)22-25-5-6-30-22/h3-9,18H,1-2H3/t18-/m1/s1. The van der Waals surface area contributed by atoms with Gasteiger partial charge in [-0.15, -0.1) is 11.3 Å². The molecule has 0 aliphatic carbocycles. The Labute approximate surface area is 185 Å². The van der Waals surface area contributed by atoms with Gasteiger partial charge in [-0.1, -0.05) is 29.3 Å². The zero-order valence-corrected chi connectivity index (χ0v) is 18.2. The lowest BCUT2D eigenvalue weighted by molar-refractivity contribution is 0.0971. The highest BCUT2D eigenvalue weighted by atomic mass is 35.5. The van der Waals surface area contributed by atoms with E-state index >= 15 is 0 Å². The first-order valence-electron chi connectivity index (χ1n) is 9.12. The quantitative estimate of drug-likeness (QED) is 0.375. The Bertz CT molecular complexity index is 1400. The second kappa shape index (κ2) is 6.94. The zero-order valence-electron chi connectivity index (χ0n) is 15.9. The average molecular weight is 457 g/mol. The van der Waals surface area contributed by atoms with Gasteiger partial charge >= 0.3 is 0 Å². The summed E-state index contributed by atoms with van der Waals surface area (Å²) in [6.07, 6.45) is 1.61. The van der Waals surface area contributed by atoms with Crippen molar-refractivity contribution in [1.29, 1.82) is 0 Å². The molecule has 0 radical (unpaired) electrons. The van der Waals surface area contributed by atoms with E-state index in [2.05, 4.69) is 4.98 Å². The van der Waals surface area contributed by atoms with E-state index in [1.807, 2.05) is 13.8 Å². The molecule has 2 aromatic heterocycles. The SMILES string of the molecule is Cc1cc2oc3c(c(=O)c2cc1C)[C@@H](c1ccc(Cl)c(Cl)c1)N(c1nccs1)C3=O. The molecule has 4 aromatic rings. The third-order valence-electron chi connectivity index (χ3n) is 5.37. The molecule has 3 heterocycles. The number of thiazole rings is 1. The van der Waals surface area contributed by atoms with Crippen LogP contribution in [-0.2, 0) is 0 Å². The van der Waals surface area contributed by atoms with Crippen LogP contribution < -0.4 is 10.3 Å². The predicted octanol–water partition coefficient (Wildman–Crippen LogP) is 5.92. The number of halogens is 2. The van der Waals surface area contributed by atoms with Crippen LogP contribution in [0.15, 0.2) is 51.1 Å². The molecule has 1 aliphatic rings. The van der Waals surface area contributed by atoms with Gasteiger partial charge in [0, 0.05) is 11.6 Å². The first kappa shape index (κ1) is 19.3. The summed E-state index contributed by atoms with van der Waals surface area (Å²) in [6.45, 7) is 3.87. The fraction of sp³-hybridized carbons (Fsp3) is 0.136. The lowest BCUT2D eigenvalue weighted by atomic mass is 9.97. The molecule has 1 amide bonds. The Balaban J connectivity index is 1.85. The van der Waals surface area contributed by atoms with Crippen LogP contribution in [-0.4, -0.2) is 10.9 Å². The molecule has 1 atom stereocenters. The molecule has 0 N–H and O–H groups in total. The van der Waals surface area contributed by atoms with Gasteiger partial charge in [-0.25, -0.2) is 4.98 Å². The minimum absolute atomic E-state index is 0.0297. The summed E-state index contributed by atoms with van der Waals surface area (Å²) in [5.74, 6) is -0.379. The highest BCUT2D eigenvalue weighted by Gasteiger charge is 2.44. The van der Waals surface area contributed by atoms with Crippen molar-refractivity contribution < 1.29 is 9.21 Å². The molecule has 5 nitrogen and oxygen atoms in total. The summed E-state index contributed by atoms with van der Waals surface area (Å²) in [5, 5.41) is 3.41. The number of hydrogen-bond donors (Lipinski definition) is 0. The lowest BCUT2D eigenvalue weighted by Gasteiger charge is -2.22. The van der Waals surface area contributed by atoms with E-state index in [0.29, 0.717) is 31.7 Å². The van der Waals surface area contributed by atoms with Crippen molar-refractivity contribution in [3.05, 3.63) is 90.2 Å². The number of rotatable bonds is 2. The largest absolute Gasteiger partial charge is 0.450 e. The molecule has 150 valence electrons. The zero-order chi connectivity index (χ0) is 21.2. The van der Waals surface area contributed by atoms with Crippen molar-refractivity contribution in [3.63, 3.8) is 0 Å². The van der Waals surface area contributed by atoms with Gasteiger partial charge < -0.3 is 4.42 Å². The van der Waals surface area contributed by atoms with Gasteiger partial charge in [-0.2, -0.15) is 0 Å².